The van der Waals surface area contributed by atoms with Crippen LogP contribution in [0.2, 0.25) is 0 Å². The van der Waals surface area contributed by atoms with Crippen molar-refractivity contribution in [3.8, 4) is 6.07 Å². The van der Waals surface area contributed by atoms with Crippen LogP contribution in [-0.2, 0) is 12.8 Å². The predicted molar refractivity (Wildman–Crippen MR) is 94.1 cm³/mol. The average molecular weight is 327 g/mol. The summed E-state index contributed by atoms with van der Waals surface area (Å²) in [5.41, 5.74) is 3.21. The fourth-order valence-corrected chi connectivity index (χ4v) is 4.52. The fourth-order valence-electron chi connectivity index (χ4n) is 3.53. The lowest BCUT2D eigenvalue weighted by atomic mass is 10.1. The van der Waals surface area contributed by atoms with Gasteiger partial charge in [0, 0.05) is 37.1 Å². The van der Waals surface area contributed by atoms with E-state index in [0.717, 1.165) is 56.9 Å². The molecule has 1 atom stereocenters. The van der Waals surface area contributed by atoms with Crippen LogP contribution in [0.5, 0.6) is 0 Å². The molecule has 0 amide bonds. The number of fused-ring (bicyclic) bond motifs is 1. The van der Waals surface area contributed by atoms with Crippen LogP contribution in [-0.4, -0.2) is 53.0 Å². The highest BCUT2D eigenvalue weighted by molar-refractivity contribution is 8.14. The van der Waals surface area contributed by atoms with Gasteiger partial charge in [0.1, 0.15) is 11.9 Å². The van der Waals surface area contributed by atoms with Gasteiger partial charge in [0.2, 0.25) is 0 Å². The first-order valence-electron chi connectivity index (χ1n) is 8.38. The van der Waals surface area contributed by atoms with E-state index in [9.17, 15) is 5.26 Å². The van der Waals surface area contributed by atoms with Crippen molar-refractivity contribution in [1.82, 2.24) is 9.88 Å². The number of aliphatic imine (C=N–C) groups is 1. The number of piperazine rings is 1. The Kier molecular flexibility index (Phi) is 3.90. The minimum Gasteiger partial charge on any atom is -0.352 e. The standard InChI is InChI=1S/C17H21N5S/c1-12-11-19-17(23-12)22-7-5-21(6-8-22)16-14(10-18)9-13-3-2-4-15(13)20-16/h9,12H,2-8,11H2,1H3/t12-/m1/s1. The number of hydrogen-bond acceptors (Lipinski definition) is 6. The maximum Gasteiger partial charge on any atom is 0.159 e. The molecule has 4 rings (SSSR count). The second-order valence-electron chi connectivity index (χ2n) is 6.46. The van der Waals surface area contributed by atoms with Crippen molar-refractivity contribution in [3.05, 3.63) is 22.9 Å². The summed E-state index contributed by atoms with van der Waals surface area (Å²) in [7, 11) is 0. The van der Waals surface area contributed by atoms with Crippen LogP contribution >= 0.6 is 11.8 Å². The third kappa shape index (κ3) is 2.78. The molecule has 0 spiro atoms. The Morgan fingerprint density at radius 2 is 2.00 bits per heavy atom. The van der Waals surface area contributed by atoms with Crippen molar-refractivity contribution < 1.29 is 0 Å². The zero-order valence-electron chi connectivity index (χ0n) is 13.5. The van der Waals surface area contributed by atoms with E-state index >= 15 is 0 Å². The average Bonchev–Trinajstić information content (AvgIpc) is 3.22. The molecule has 0 unspecified atom stereocenters. The van der Waals surface area contributed by atoms with E-state index in [1.165, 1.54) is 22.8 Å². The summed E-state index contributed by atoms with van der Waals surface area (Å²) in [6.45, 7) is 6.91. The minimum atomic E-state index is 0.603. The van der Waals surface area contributed by atoms with Crippen LogP contribution in [0.15, 0.2) is 11.1 Å². The normalized spacial score (nSPS) is 23.7. The number of pyridine rings is 1. The Bertz CT molecular complexity index is 685. The van der Waals surface area contributed by atoms with Crippen molar-refractivity contribution in [2.24, 2.45) is 4.99 Å². The van der Waals surface area contributed by atoms with Crippen LogP contribution in [0.4, 0.5) is 5.82 Å². The third-order valence-electron chi connectivity index (χ3n) is 4.79. The molecule has 0 bridgehead atoms. The van der Waals surface area contributed by atoms with Gasteiger partial charge in [-0.2, -0.15) is 5.26 Å². The zero-order valence-corrected chi connectivity index (χ0v) is 14.3. The van der Waals surface area contributed by atoms with Gasteiger partial charge in [-0.25, -0.2) is 4.98 Å². The number of nitrogens with zero attached hydrogens (tertiary/aromatic N) is 5. The quantitative estimate of drug-likeness (QED) is 0.790. The molecule has 0 N–H and O–H groups in total. The number of anilines is 1. The van der Waals surface area contributed by atoms with Gasteiger partial charge in [-0.15, -0.1) is 0 Å². The molecule has 6 heteroatoms. The van der Waals surface area contributed by atoms with Crippen molar-refractivity contribution in [2.45, 2.75) is 31.4 Å². The highest BCUT2D eigenvalue weighted by Crippen LogP contribution is 2.29. The topological polar surface area (TPSA) is 55.5 Å². The molecule has 1 fully saturated rings. The maximum atomic E-state index is 9.48. The van der Waals surface area contributed by atoms with Crippen molar-refractivity contribution in [3.63, 3.8) is 0 Å². The lowest BCUT2D eigenvalue weighted by Crippen LogP contribution is -2.48. The first-order valence-corrected chi connectivity index (χ1v) is 9.26. The molecule has 2 aliphatic heterocycles. The molecule has 23 heavy (non-hydrogen) atoms. The third-order valence-corrected chi connectivity index (χ3v) is 5.94. The minimum absolute atomic E-state index is 0.603. The molecule has 0 aromatic carbocycles. The fraction of sp³-hybridized carbons (Fsp3) is 0.588. The Labute approximate surface area is 141 Å². The predicted octanol–water partition coefficient (Wildman–Crippen LogP) is 2.06. The molecular formula is C17H21N5S. The van der Waals surface area contributed by atoms with E-state index in [4.69, 9.17) is 4.98 Å². The summed E-state index contributed by atoms with van der Waals surface area (Å²) in [6, 6.07) is 4.41. The molecule has 0 saturated carbocycles. The van der Waals surface area contributed by atoms with Crippen molar-refractivity contribution in [1.29, 1.82) is 5.26 Å². The summed E-state index contributed by atoms with van der Waals surface area (Å²) in [5.74, 6) is 0.891. The number of aromatic nitrogens is 1. The van der Waals surface area contributed by atoms with Gasteiger partial charge in [-0.05, 0) is 30.9 Å². The molecule has 1 saturated heterocycles. The van der Waals surface area contributed by atoms with Crippen LogP contribution in [0.25, 0.3) is 0 Å². The summed E-state index contributed by atoms with van der Waals surface area (Å²) in [5, 5.41) is 11.3. The van der Waals surface area contributed by atoms with Gasteiger partial charge in [-0.1, -0.05) is 18.7 Å². The SMILES string of the molecule is C[C@@H]1CN=C(N2CCN(c3nc4c(cc3C#N)CCC4)CC2)S1. The number of amidine groups is 1. The van der Waals surface area contributed by atoms with Gasteiger partial charge in [0.25, 0.3) is 0 Å². The molecule has 3 heterocycles. The molecule has 3 aliphatic rings. The second-order valence-corrected chi connectivity index (χ2v) is 7.86. The van der Waals surface area contributed by atoms with E-state index in [0.29, 0.717) is 5.25 Å². The van der Waals surface area contributed by atoms with Gasteiger partial charge >= 0.3 is 0 Å². The lowest BCUT2D eigenvalue weighted by molar-refractivity contribution is 0.390. The van der Waals surface area contributed by atoms with E-state index < -0.39 is 0 Å². The molecule has 5 nitrogen and oxygen atoms in total. The number of hydrogen-bond donors (Lipinski definition) is 0. The van der Waals surface area contributed by atoms with Gasteiger partial charge in [-0.3, -0.25) is 4.99 Å². The summed E-state index contributed by atoms with van der Waals surface area (Å²) in [4.78, 5) is 14.1. The lowest BCUT2D eigenvalue weighted by Gasteiger charge is -2.36. The van der Waals surface area contributed by atoms with E-state index in [1.54, 1.807) is 0 Å². The van der Waals surface area contributed by atoms with E-state index in [1.807, 2.05) is 11.8 Å². The first-order chi connectivity index (χ1) is 11.2. The highest BCUT2D eigenvalue weighted by atomic mass is 32.2. The van der Waals surface area contributed by atoms with E-state index in [2.05, 4.69) is 33.9 Å². The molecule has 0 radical (unpaired) electrons. The van der Waals surface area contributed by atoms with Crippen LogP contribution in [0, 0.1) is 11.3 Å². The zero-order chi connectivity index (χ0) is 15.8. The number of aryl methyl sites for hydroxylation is 2. The number of thioether (sulfide) groups is 1. The summed E-state index contributed by atoms with van der Waals surface area (Å²) >= 11 is 1.88. The second kappa shape index (κ2) is 6.04. The van der Waals surface area contributed by atoms with Gasteiger partial charge in [0.15, 0.2) is 5.17 Å². The number of nitriles is 1. The first kappa shape index (κ1) is 14.8. The van der Waals surface area contributed by atoms with Crippen molar-refractivity contribution in [2.75, 3.05) is 37.6 Å². The molecule has 1 aromatic heterocycles. The van der Waals surface area contributed by atoms with E-state index in [-0.39, 0.29) is 0 Å². The summed E-state index contributed by atoms with van der Waals surface area (Å²) in [6.07, 6.45) is 3.29. The Morgan fingerprint density at radius 3 is 2.70 bits per heavy atom. The van der Waals surface area contributed by atoms with Crippen LogP contribution in [0.1, 0.15) is 30.2 Å². The van der Waals surface area contributed by atoms with Crippen LogP contribution < -0.4 is 4.90 Å². The Balaban J connectivity index is 1.49. The van der Waals surface area contributed by atoms with Gasteiger partial charge in [0.05, 0.1) is 12.1 Å². The van der Waals surface area contributed by atoms with Gasteiger partial charge < -0.3 is 9.80 Å². The number of rotatable bonds is 1. The van der Waals surface area contributed by atoms with Crippen molar-refractivity contribution >= 4 is 22.7 Å². The summed E-state index contributed by atoms with van der Waals surface area (Å²) < 4.78 is 0. The Morgan fingerprint density at radius 1 is 1.22 bits per heavy atom. The molecular weight excluding hydrogens is 306 g/mol. The monoisotopic (exact) mass is 327 g/mol. The smallest absolute Gasteiger partial charge is 0.159 e. The molecule has 120 valence electrons. The maximum absolute atomic E-state index is 9.48. The molecule has 1 aromatic rings. The largest absolute Gasteiger partial charge is 0.352 e. The van der Waals surface area contributed by atoms with Crippen LogP contribution in [0.3, 0.4) is 0 Å². The Hall–Kier alpha value is -1.74. The highest BCUT2D eigenvalue weighted by Gasteiger charge is 2.27. The molecule has 1 aliphatic carbocycles.